The Labute approximate surface area is 135 Å². The molecule has 0 saturated heterocycles. The fourth-order valence-electron chi connectivity index (χ4n) is 3.12. The molecule has 0 amide bonds. The third-order valence-corrected chi connectivity index (χ3v) is 5.03. The Morgan fingerprint density at radius 3 is 2.65 bits per heavy atom. The van der Waals surface area contributed by atoms with Gasteiger partial charge in [-0.15, -0.1) is 0 Å². The molecule has 2 nitrogen and oxygen atoms in total. The average Bonchev–Trinajstić information content (AvgIpc) is 2.41. The zero-order valence-electron chi connectivity index (χ0n) is 12.0. The lowest BCUT2D eigenvalue weighted by Gasteiger charge is -2.30. The molecular formula is C16H23BrN2S. The first-order valence-corrected chi connectivity index (χ1v) is 8.66. The summed E-state index contributed by atoms with van der Waals surface area (Å²) in [4.78, 5) is 0.444. The summed E-state index contributed by atoms with van der Waals surface area (Å²) in [7, 11) is 0. The molecule has 110 valence electrons. The predicted octanol–water partition coefficient (Wildman–Crippen LogP) is 4.85. The van der Waals surface area contributed by atoms with Gasteiger partial charge in [0.2, 0.25) is 0 Å². The van der Waals surface area contributed by atoms with E-state index >= 15 is 0 Å². The van der Waals surface area contributed by atoms with Gasteiger partial charge in [0, 0.05) is 21.8 Å². The van der Waals surface area contributed by atoms with Crippen LogP contribution in [0.25, 0.3) is 0 Å². The molecule has 2 rings (SSSR count). The highest BCUT2D eigenvalue weighted by atomic mass is 79.9. The number of nitrogens with one attached hydrogen (secondary N) is 1. The quantitative estimate of drug-likeness (QED) is 0.741. The van der Waals surface area contributed by atoms with Gasteiger partial charge in [0.15, 0.2) is 0 Å². The second-order valence-corrected chi connectivity index (χ2v) is 6.97. The van der Waals surface area contributed by atoms with Crippen molar-refractivity contribution >= 4 is 38.8 Å². The summed E-state index contributed by atoms with van der Waals surface area (Å²) in [5, 5.41) is 3.64. The lowest BCUT2D eigenvalue weighted by atomic mass is 9.83. The Morgan fingerprint density at radius 1 is 1.35 bits per heavy atom. The minimum Gasteiger partial charge on any atom is -0.389 e. The Balaban J connectivity index is 2.01. The molecule has 0 spiro atoms. The number of hydrogen-bond acceptors (Lipinski definition) is 2. The highest BCUT2D eigenvalue weighted by molar-refractivity contribution is 9.10. The van der Waals surface area contributed by atoms with Crippen LogP contribution in [0, 0.1) is 5.92 Å². The van der Waals surface area contributed by atoms with Gasteiger partial charge in [0.05, 0.1) is 0 Å². The zero-order valence-corrected chi connectivity index (χ0v) is 14.4. The first-order valence-electron chi connectivity index (χ1n) is 7.46. The van der Waals surface area contributed by atoms with E-state index in [4.69, 9.17) is 18.0 Å². The van der Waals surface area contributed by atoms with Gasteiger partial charge in [0.1, 0.15) is 4.99 Å². The van der Waals surface area contributed by atoms with Gasteiger partial charge in [0.25, 0.3) is 0 Å². The van der Waals surface area contributed by atoms with Crippen LogP contribution in [-0.2, 0) is 0 Å². The molecule has 0 radical (unpaired) electrons. The van der Waals surface area contributed by atoms with Crippen molar-refractivity contribution in [1.82, 2.24) is 0 Å². The molecule has 3 N–H and O–H groups in total. The van der Waals surface area contributed by atoms with Crippen LogP contribution in [0.1, 0.15) is 51.0 Å². The SMILES string of the molecule is CCCC1CCC(Nc2cccc(Br)c2C(N)=S)CC1. The maximum atomic E-state index is 5.84. The minimum atomic E-state index is 0.444. The van der Waals surface area contributed by atoms with Crippen molar-refractivity contribution < 1.29 is 0 Å². The Bertz CT molecular complexity index is 468. The van der Waals surface area contributed by atoms with Crippen LogP contribution in [0.5, 0.6) is 0 Å². The molecule has 20 heavy (non-hydrogen) atoms. The van der Waals surface area contributed by atoms with E-state index < -0.39 is 0 Å². The zero-order chi connectivity index (χ0) is 14.5. The smallest absolute Gasteiger partial charge is 0.107 e. The Kier molecular flexibility index (Phi) is 5.85. The number of anilines is 1. The summed E-state index contributed by atoms with van der Waals surface area (Å²) in [6, 6.07) is 6.62. The van der Waals surface area contributed by atoms with Crippen LogP contribution in [0.4, 0.5) is 5.69 Å². The third-order valence-electron chi connectivity index (χ3n) is 4.16. The standard InChI is InChI=1S/C16H23BrN2S/c1-2-4-11-7-9-12(10-8-11)19-14-6-3-5-13(17)15(14)16(18)20/h3,5-6,11-12,19H,2,4,7-10H2,1H3,(H2,18,20). The molecule has 1 fully saturated rings. The number of hydrogen-bond donors (Lipinski definition) is 2. The first-order chi connectivity index (χ1) is 9.61. The minimum absolute atomic E-state index is 0.444. The topological polar surface area (TPSA) is 38.0 Å². The lowest BCUT2D eigenvalue weighted by molar-refractivity contribution is 0.319. The molecule has 0 unspecified atom stereocenters. The van der Waals surface area contributed by atoms with Gasteiger partial charge in [-0.05, 0) is 59.7 Å². The van der Waals surface area contributed by atoms with Crippen molar-refractivity contribution in [2.75, 3.05) is 5.32 Å². The van der Waals surface area contributed by atoms with Gasteiger partial charge in [-0.3, -0.25) is 0 Å². The maximum Gasteiger partial charge on any atom is 0.107 e. The molecule has 1 aromatic carbocycles. The Hall–Kier alpha value is -0.610. The molecular weight excluding hydrogens is 332 g/mol. The largest absolute Gasteiger partial charge is 0.389 e. The molecule has 0 aliphatic heterocycles. The maximum absolute atomic E-state index is 5.84. The summed E-state index contributed by atoms with van der Waals surface area (Å²) in [5.74, 6) is 0.926. The Morgan fingerprint density at radius 2 is 2.05 bits per heavy atom. The van der Waals surface area contributed by atoms with Gasteiger partial charge in [-0.25, -0.2) is 0 Å². The van der Waals surface area contributed by atoms with E-state index in [1.807, 2.05) is 12.1 Å². The van der Waals surface area contributed by atoms with Crippen molar-refractivity contribution in [3.63, 3.8) is 0 Å². The molecule has 0 aromatic heterocycles. The number of thiocarbonyl (C=S) groups is 1. The van der Waals surface area contributed by atoms with Gasteiger partial charge >= 0.3 is 0 Å². The number of benzene rings is 1. The number of nitrogens with two attached hydrogens (primary N) is 1. The second kappa shape index (κ2) is 7.41. The van der Waals surface area contributed by atoms with Crippen molar-refractivity contribution in [2.45, 2.75) is 51.5 Å². The average molecular weight is 355 g/mol. The van der Waals surface area contributed by atoms with Gasteiger partial charge in [-0.2, -0.15) is 0 Å². The normalized spacial score (nSPS) is 22.5. The van der Waals surface area contributed by atoms with Crippen LogP contribution >= 0.6 is 28.1 Å². The van der Waals surface area contributed by atoms with E-state index in [1.165, 1.54) is 38.5 Å². The van der Waals surface area contributed by atoms with Crippen LogP contribution in [-0.4, -0.2) is 11.0 Å². The molecule has 1 aliphatic rings. The summed E-state index contributed by atoms with van der Waals surface area (Å²) >= 11 is 8.70. The van der Waals surface area contributed by atoms with Crippen molar-refractivity contribution in [3.05, 3.63) is 28.2 Å². The van der Waals surface area contributed by atoms with Crippen molar-refractivity contribution in [2.24, 2.45) is 11.7 Å². The molecule has 0 heterocycles. The molecule has 0 bridgehead atoms. The summed E-state index contributed by atoms with van der Waals surface area (Å²) < 4.78 is 0.967. The van der Waals surface area contributed by atoms with E-state index in [-0.39, 0.29) is 0 Å². The summed E-state index contributed by atoms with van der Waals surface area (Å²) in [6.07, 6.45) is 7.84. The van der Waals surface area contributed by atoms with Crippen LogP contribution in [0.3, 0.4) is 0 Å². The molecule has 1 aromatic rings. The third kappa shape index (κ3) is 3.95. The number of halogens is 1. The number of rotatable bonds is 5. The van der Waals surface area contributed by atoms with Crippen LogP contribution in [0.2, 0.25) is 0 Å². The fourth-order valence-corrected chi connectivity index (χ4v) is 4.05. The monoisotopic (exact) mass is 354 g/mol. The van der Waals surface area contributed by atoms with Crippen LogP contribution in [0.15, 0.2) is 22.7 Å². The summed E-state index contributed by atoms with van der Waals surface area (Å²) in [6.45, 7) is 2.28. The lowest BCUT2D eigenvalue weighted by Crippen LogP contribution is -2.27. The van der Waals surface area contributed by atoms with E-state index in [0.29, 0.717) is 11.0 Å². The van der Waals surface area contributed by atoms with E-state index in [1.54, 1.807) is 0 Å². The van der Waals surface area contributed by atoms with E-state index in [9.17, 15) is 0 Å². The first kappa shape index (κ1) is 15.8. The molecule has 1 saturated carbocycles. The highest BCUT2D eigenvalue weighted by Gasteiger charge is 2.21. The molecule has 1 aliphatic carbocycles. The highest BCUT2D eigenvalue weighted by Crippen LogP contribution is 2.31. The molecule has 4 heteroatoms. The van der Waals surface area contributed by atoms with E-state index in [0.717, 1.165) is 21.6 Å². The fraction of sp³-hybridized carbons (Fsp3) is 0.562. The van der Waals surface area contributed by atoms with Gasteiger partial charge < -0.3 is 11.1 Å². The van der Waals surface area contributed by atoms with Crippen LogP contribution < -0.4 is 11.1 Å². The predicted molar refractivity (Wildman–Crippen MR) is 94.3 cm³/mol. The van der Waals surface area contributed by atoms with Crippen molar-refractivity contribution in [3.8, 4) is 0 Å². The second-order valence-electron chi connectivity index (χ2n) is 5.68. The molecule has 0 atom stereocenters. The van der Waals surface area contributed by atoms with Gasteiger partial charge in [-0.1, -0.05) is 38.0 Å². The van der Waals surface area contributed by atoms with Crippen molar-refractivity contribution in [1.29, 1.82) is 0 Å². The van der Waals surface area contributed by atoms with E-state index in [2.05, 4.69) is 34.2 Å². The summed E-state index contributed by atoms with van der Waals surface area (Å²) in [5.41, 5.74) is 7.83.